The van der Waals surface area contributed by atoms with Crippen LogP contribution >= 0.6 is 0 Å². The second-order valence-corrected chi connectivity index (χ2v) is 7.31. The maximum absolute atomic E-state index is 12.0. The molecule has 0 spiro atoms. The molecule has 0 saturated carbocycles. The quantitative estimate of drug-likeness (QED) is 0.662. The van der Waals surface area contributed by atoms with Crippen LogP contribution in [-0.4, -0.2) is 71.0 Å². The summed E-state index contributed by atoms with van der Waals surface area (Å²) in [7, 11) is 3.34. The van der Waals surface area contributed by atoms with Gasteiger partial charge in [-0.25, -0.2) is 4.79 Å². The van der Waals surface area contributed by atoms with E-state index in [2.05, 4.69) is 32.6 Å². The van der Waals surface area contributed by atoms with Crippen molar-refractivity contribution in [2.45, 2.75) is 6.42 Å². The minimum atomic E-state index is -0.111. The highest BCUT2D eigenvalue weighted by Gasteiger charge is 2.17. The van der Waals surface area contributed by atoms with Gasteiger partial charge in [-0.15, -0.1) is 0 Å². The Morgan fingerprint density at radius 2 is 1.40 bits per heavy atom. The van der Waals surface area contributed by atoms with Crippen LogP contribution in [0.2, 0.25) is 0 Å². The van der Waals surface area contributed by atoms with E-state index in [0.29, 0.717) is 13.1 Å². The van der Waals surface area contributed by atoms with Crippen LogP contribution < -0.4 is 25.0 Å². The second-order valence-electron chi connectivity index (χ2n) is 7.31. The Balaban J connectivity index is 1.27. The Morgan fingerprint density at radius 1 is 0.833 bits per heavy atom. The molecule has 1 aliphatic rings. The van der Waals surface area contributed by atoms with Crippen molar-refractivity contribution in [1.82, 2.24) is 15.5 Å². The van der Waals surface area contributed by atoms with Gasteiger partial charge in [-0.3, -0.25) is 4.90 Å². The molecule has 1 fully saturated rings. The predicted molar refractivity (Wildman–Crippen MR) is 120 cm³/mol. The first kappa shape index (κ1) is 21.8. The fraction of sp³-hybridized carbons (Fsp3) is 0.435. The number of urea groups is 1. The van der Waals surface area contributed by atoms with Crippen LogP contribution in [0.15, 0.2) is 48.5 Å². The predicted octanol–water partition coefficient (Wildman–Crippen LogP) is 2.37. The summed E-state index contributed by atoms with van der Waals surface area (Å²) in [5.41, 5.74) is 2.40. The molecule has 1 aliphatic heterocycles. The lowest BCUT2D eigenvalue weighted by atomic mass is 10.1. The maximum atomic E-state index is 12.0. The van der Waals surface area contributed by atoms with E-state index in [1.54, 1.807) is 14.2 Å². The summed E-state index contributed by atoms with van der Waals surface area (Å²) in [6.07, 6.45) is 0.796. The van der Waals surface area contributed by atoms with Crippen molar-refractivity contribution in [1.29, 1.82) is 0 Å². The largest absolute Gasteiger partial charge is 0.497 e. The molecule has 7 nitrogen and oxygen atoms in total. The molecule has 1 saturated heterocycles. The molecule has 0 bridgehead atoms. The zero-order valence-corrected chi connectivity index (χ0v) is 17.9. The van der Waals surface area contributed by atoms with E-state index in [4.69, 9.17) is 9.47 Å². The lowest BCUT2D eigenvalue weighted by molar-refractivity contribution is 0.232. The molecule has 1 heterocycles. The Hall–Kier alpha value is -2.93. The van der Waals surface area contributed by atoms with E-state index in [-0.39, 0.29) is 6.03 Å². The van der Waals surface area contributed by atoms with Gasteiger partial charge in [0.2, 0.25) is 0 Å². The smallest absolute Gasteiger partial charge is 0.314 e. The number of carbonyl (C=O) groups excluding carboxylic acids is 1. The molecule has 2 N–H and O–H groups in total. The molecular formula is C23H32N4O3. The standard InChI is InChI=1S/C23H32N4O3/c1-29-21-7-3-19(4-8-21)11-12-24-23(28)25-13-14-26-15-17-27(18-16-26)20-5-9-22(30-2)10-6-20/h3-10H,11-18H2,1-2H3,(H2,24,25,28). The monoisotopic (exact) mass is 412 g/mol. The van der Waals surface area contributed by atoms with E-state index in [9.17, 15) is 4.79 Å². The van der Waals surface area contributed by atoms with Gasteiger partial charge in [-0.1, -0.05) is 12.1 Å². The average Bonchev–Trinajstić information content (AvgIpc) is 2.80. The van der Waals surface area contributed by atoms with E-state index in [0.717, 1.165) is 50.6 Å². The molecule has 7 heteroatoms. The number of nitrogens with one attached hydrogen (secondary N) is 2. The first-order chi connectivity index (χ1) is 14.7. The van der Waals surface area contributed by atoms with E-state index in [1.807, 2.05) is 36.4 Å². The van der Waals surface area contributed by atoms with Gasteiger partial charge in [0.05, 0.1) is 14.2 Å². The fourth-order valence-electron chi connectivity index (χ4n) is 3.53. The minimum absolute atomic E-state index is 0.111. The van der Waals surface area contributed by atoms with E-state index >= 15 is 0 Å². The number of carbonyl (C=O) groups is 1. The van der Waals surface area contributed by atoms with Crippen LogP contribution in [0.25, 0.3) is 0 Å². The minimum Gasteiger partial charge on any atom is -0.497 e. The number of ether oxygens (including phenoxy) is 2. The third kappa shape index (κ3) is 6.56. The normalized spacial score (nSPS) is 14.3. The molecule has 0 radical (unpaired) electrons. The molecule has 0 atom stereocenters. The molecule has 0 aliphatic carbocycles. The van der Waals surface area contributed by atoms with Crippen LogP contribution in [-0.2, 0) is 6.42 Å². The summed E-state index contributed by atoms with van der Waals surface area (Å²) in [5.74, 6) is 1.72. The van der Waals surface area contributed by atoms with Crippen LogP contribution in [0, 0.1) is 0 Å². The summed E-state index contributed by atoms with van der Waals surface area (Å²) in [5, 5.41) is 5.87. The number of hydrogen-bond donors (Lipinski definition) is 2. The van der Waals surface area contributed by atoms with Gasteiger partial charge in [0.15, 0.2) is 0 Å². The van der Waals surface area contributed by atoms with Gasteiger partial charge in [0, 0.05) is 51.5 Å². The van der Waals surface area contributed by atoms with Gasteiger partial charge in [0.25, 0.3) is 0 Å². The van der Waals surface area contributed by atoms with Crippen molar-refractivity contribution >= 4 is 11.7 Å². The number of piperazine rings is 1. The Bertz CT molecular complexity index is 772. The first-order valence-corrected chi connectivity index (χ1v) is 10.4. The number of rotatable bonds is 9. The molecule has 2 aromatic rings. The highest BCUT2D eigenvalue weighted by molar-refractivity contribution is 5.73. The number of hydrogen-bond acceptors (Lipinski definition) is 5. The maximum Gasteiger partial charge on any atom is 0.314 e. The second kappa shape index (κ2) is 11.3. The molecule has 3 rings (SSSR count). The molecule has 0 aromatic heterocycles. The Morgan fingerprint density at radius 3 is 2.00 bits per heavy atom. The lowest BCUT2D eigenvalue weighted by Crippen LogP contribution is -2.49. The number of methoxy groups -OCH3 is 2. The van der Waals surface area contributed by atoms with Gasteiger partial charge < -0.3 is 25.0 Å². The SMILES string of the molecule is COc1ccc(CCNC(=O)NCCN2CCN(c3ccc(OC)cc3)CC2)cc1. The van der Waals surface area contributed by atoms with Crippen molar-refractivity contribution in [2.75, 3.05) is 64.9 Å². The lowest BCUT2D eigenvalue weighted by Gasteiger charge is -2.36. The topological polar surface area (TPSA) is 66.1 Å². The van der Waals surface area contributed by atoms with Gasteiger partial charge in [-0.05, 0) is 48.4 Å². The van der Waals surface area contributed by atoms with Crippen molar-refractivity contribution in [3.8, 4) is 11.5 Å². The summed E-state index contributed by atoms with van der Waals surface area (Å²) in [6.45, 7) is 6.08. The van der Waals surface area contributed by atoms with Crippen molar-refractivity contribution < 1.29 is 14.3 Å². The zero-order valence-electron chi connectivity index (χ0n) is 17.9. The van der Waals surface area contributed by atoms with Gasteiger partial charge >= 0.3 is 6.03 Å². The molecule has 162 valence electrons. The Kier molecular flexibility index (Phi) is 8.20. The van der Waals surface area contributed by atoms with Crippen LogP contribution in [0.3, 0.4) is 0 Å². The zero-order chi connectivity index (χ0) is 21.2. The Labute approximate surface area is 179 Å². The van der Waals surface area contributed by atoms with E-state index in [1.165, 1.54) is 11.3 Å². The molecular weight excluding hydrogens is 380 g/mol. The number of anilines is 1. The summed E-state index contributed by atoms with van der Waals surface area (Å²) < 4.78 is 10.4. The van der Waals surface area contributed by atoms with E-state index < -0.39 is 0 Å². The summed E-state index contributed by atoms with van der Waals surface area (Å²) in [6, 6.07) is 16.0. The summed E-state index contributed by atoms with van der Waals surface area (Å²) >= 11 is 0. The third-order valence-corrected chi connectivity index (χ3v) is 5.38. The van der Waals surface area contributed by atoms with Crippen molar-refractivity contribution in [3.63, 3.8) is 0 Å². The van der Waals surface area contributed by atoms with Crippen LogP contribution in [0.1, 0.15) is 5.56 Å². The summed E-state index contributed by atoms with van der Waals surface area (Å²) in [4.78, 5) is 16.8. The first-order valence-electron chi connectivity index (χ1n) is 10.4. The van der Waals surface area contributed by atoms with Crippen LogP contribution in [0.5, 0.6) is 11.5 Å². The van der Waals surface area contributed by atoms with Gasteiger partial charge in [-0.2, -0.15) is 0 Å². The van der Waals surface area contributed by atoms with Crippen molar-refractivity contribution in [3.05, 3.63) is 54.1 Å². The fourth-order valence-corrected chi connectivity index (χ4v) is 3.53. The number of amides is 2. The number of nitrogens with zero attached hydrogens (tertiary/aromatic N) is 2. The van der Waals surface area contributed by atoms with Gasteiger partial charge in [0.1, 0.15) is 11.5 Å². The highest BCUT2D eigenvalue weighted by Crippen LogP contribution is 2.20. The molecule has 0 unspecified atom stereocenters. The molecule has 2 aromatic carbocycles. The average molecular weight is 413 g/mol. The molecule has 2 amide bonds. The third-order valence-electron chi connectivity index (χ3n) is 5.38. The van der Waals surface area contributed by atoms with Crippen LogP contribution in [0.4, 0.5) is 10.5 Å². The highest BCUT2D eigenvalue weighted by atomic mass is 16.5. The molecule has 30 heavy (non-hydrogen) atoms. The number of benzene rings is 2. The van der Waals surface area contributed by atoms with Crippen molar-refractivity contribution in [2.24, 2.45) is 0 Å².